The van der Waals surface area contributed by atoms with Gasteiger partial charge in [0.15, 0.2) is 0 Å². The van der Waals surface area contributed by atoms with Crippen molar-refractivity contribution in [2.45, 2.75) is 64.8 Å². The predicted octanol–water partition coefficient (Wildman–Crippen LogP) is 6.53. The van der Waals surface area contributed by atoms with E-state index in [2.05, 4.69) is 36.3 Å². The number of aromatic nitrogens is 1. The van der Waals surface area contributed by atoms with Crippen LogP contribution in [0.5, 0.6) is 11.5 Å². The maximum absolute atomic E-state index is 12.7. The van der Waals surface area contributed by atoms with E-state index in [-0.39, 0.29) is 11.9 Å². The number of ether oxygens (including phenoxy) is 2. The molecular formula is C30H38N2O3. The van der Waals surface area contributed by atoms with E-state index < -0.39 is 0 Å². The van der Waals surface area contributed by atoms with Crippen LogP contribution in [0.1, 0.15) is 62.6 Å². The van der Waals surface area contributed by atoms with Gasteiger partial charge in [0.05, 0.1) is 14.2 Å². The molecule has 3 aromatic rings. The van der Waals surface area contributed by atoms with Gasteiger partial charge < -0.3 is 14.8 Å². The molecular weight excluding hydrogens is 436 g/mol. The molecule has 3 rings (SSSR count). The molecule has 5 heteroatoms. The van der Waals surface area contributed by atoms with Crippen molar-refractivity contribution in [2.75, 3.05) is 14.2 Å². The van der Waals surface area contributed by atoms with Gasteiger partial charge in [-0.1, -0.05) is 25.8 Å². The van der Waals surface area contributed by atoms with Crippen LogP contribution in [-0.4, -0.2) is 31.2 Å². The standard InChI is InChI=1S/C30H38N2O3/c1-5-6-7-13-26-24(19-29(35-4)27-16-15-25(34-3)20-28(26)27)14-17-30(33)32-22(2)10-8-11-23-12-9-18-31-21-23/h9,12,14-22H,5-8,10-11,13H2,1-4H3,(H,32,33)/b17-14+. The zero-order valence-corrected chi connectivity index (χ0v) is 21.5. The third-order valence-electron chi connectivity index (χ3n) is 6.33. The number of aryl methyl sites for hydroxylation is 2. The Balaban J connectivity index is 1.74. The van der Waals surface area contributed by atoms with Gasteiger partial charge in [-0.2, -0.15) is 0 Å². The highest BCUT2D eigenvalue weighted by atomic mass is 16.5. The van der Waals surface area contributed by atoms with Crippen molar-refractivity contribution >= 4 is 22.8 Å². The number of pyridine rings is 1. The van der Waals surface area contributed by atoms with Gasteiger partial charge in [0.25, 0.3) is 0 Å². The number of fused-ring (bicyclic) bond motifs is 1. The van der Waals surface area contributed by atoms with Crippen LogP contribution in [-0.2, 0) is 17.6 Å². The molecule has 1 atom stereocenters. The van der Waals surface area contributed by atoms with E-state index in [1.54, 1.807) is 26.5 Å². The lowest BCUT2D eigenvalue weighted by atomic mass is 9.93. The Kier molecular flexibility index (Phi) is 10.1. The number of benzene rings is 2. The molecule has 35 heavy (non-hydrogen) atoms. The maximum Gasteiger partial charge on any atom is 0.244 e. The lowest BCUT2D eigenvalue weighted by Crippen LogP contribution is -2.31. The lowest BCUT2D eigenvalue weighted by Gasteiger charge is -2.16. The second kappa shape index (κ2) is 13.5. The monoisotopic (exact) mass is 474 g/mol. The molecule has 1 unspecified atom stereocenters. The number of methoxy groups -OCH3 is 2. The fourth-order valence-corrected chi connectivity index (χ4v) is 4.41. The minimum absolute atomic E-state index is 0.0805. The number of carbonyl (C=O) groups is 1. The molecule has 186 valence electrons. The molecule has 0 radical (unpaired) electrons. The Labute approximate surface area is 209 Å². The molecule has 1 aromatic heterocycles. The molecule has 0 aliphatic rings. The number of rotatable bonds is 13. The Morgan fingerprint density at radius 3 is 2.63 bits per heavy atom. The summed E-state index contributed by atoms with van der Waals surface area (Å²) < 4.78 is 11.2. The summed E-state index contributed by atoms with van der Waals surface area (Å²) in [6, 6.07) is 12.3. The highest BCUT2D eigenvalue weighted by Gasteiger charge is 2.13. The fraction of sp³-hybridized carbons (Fsp3) is 0.400. The van der Waals surface area contributed by atoms with E-state index in [1.807, 2.05) is 36.5 Å². The summed E-state index contributed by atoms with van der Waals surface area (Å²) in [5.41, 5.74) is 3.46. The first-order valence-electron chi connectivity index (χ1n) is 12.6. The van der Waals surface area contributed by atoms with E-state index >= 15 is 0 Å². The largest absolute Gasteiger partial charge is 0.497 e. The van der Waals surface area contributed by atoms with E-state index in [0.717, 1.165) is 72.8 Å². The van der Waals surface area contributed by atoms with Crippen LogP contribution in [0.3, 0.4) is 0 Å². The number of hydrogen-bond acceptors (Lipinski definition) is 4. The number of carbonyl (C=O) groups excluding carboxylic acids is 1. The first kappa shape index (κ1) is 26.3. The second-order valence-electron chi connectivity index (χ2n) is 9.01. The normalized spacial score (nSPS) is 12.1. The van der Waals surface area contributed by atoms with Crippen molar-refractivity contribution in [1.29, 1.82) is 0 Å². The van der Waals surface area contributed by atoms with Crippen LogP contribution in [0.4, 0.5) is 0 Å². The molecule has 5 nitrogen and oxygen atoms in total. The summed E-state index contributed by atoms with van der Waals surface area (Å²) >= 11 is 0. The Hall–Kier alpha value is -3.34. The average Bonchev–Trinajstić information content (AvgIpc) is 2.88. The van der Waals surface area contributed by atoms with Gasteiger partial charge in [-0.15, -0.1) is 0 Å². The van der Waals surface area contributed by atoms with Crippen molar-refractivity contribution in [3.8, 4) is 11.5 Å². The van der Waals surface area contributed by atoms with Crippen LogP contribution in [0.15, 0.2) is 54.9 Å². The van der Waals surface area contributed by atoms with Crippen molar-refractivity contribution in [3.63, 3.8) is 0 Å². The lowest BCUT2D eigenvalue weighted by molar-refractivity contribution is -0.117. The van der Waals surface area contributed by atoms with E-state index in [0.29, 0.717) is 0 Å². The number of nitrogens with zero attached hydrogens (tertiary/aromatic N) is 1. The number of hydrogen-bond donors (Lipinski definition) is 1. The molecule has 1 N–H and O–H groups in total. The van der Waals surface area contributed by atoms with Gasteiger partial charge in [0.1, 0.15) is 11.5 Å². The van der Waals surface area contributed by atoms with E-state index in [1.165, 1.54) is 11.1 Å². The van der Waals surface area contributed by atoms with E-state index in [4.69, 9.17) is 9.47 Å². The first-order valence-corrected chi connectivity index (χ1v) is 12.6. The summed E-state index contributed by atoms with van der Waals surface area (Å²) in [5, 5.41) is 5.27. The first-order chi connectivity index (χ1) is 17.0. The van der Waals surface area contributed by atoms with Crippen molar-refractivity contribution in [2.24, 2.45) is 0 Å². The van der Waals surface area contributed by atoms with Gasteiger partial charge in [-0.25, -0.2) is 0 Å². The van der Waals surface area contributed by atoms with Crippen LogP contribution in [0.2, 0.25) is 0 Å². The highest BCUT2D eigenvalue weighted by molar-refractivity contribution is 5.97. The van der Waals surface area contributed by atoms with Crippen LogP contribution in [0, 0.1) is 0 Å². The molecule has 1 heterocycles. The number of unbranched alkanes of at least 4 members (excludes halogenated alkanes) is 2. The average molecular weight is 475 g/mol. The number of nitrogens with one attached hydrogen (secondary N) is 1. The molecule has 1 amide bonds. The maximum atomic E-state index is 12.7. The van der Waals surface area contributed by atoms with Gasteiger partial charge in [-0.05, 0) is 97.5 Å². The molecule has 0 saturated carbocycles. The zero-order valence-electron chi connectivity index (χ0n) is 21.5. The van der Waals surface area contributed by atoms with Crippen LogP contribution < -0.4 is 14.8 Å². The quantitative estimate of drug-likeness (QED) is 0.226. The Bertz CT molecular complexity index is 1130. The summed E-state index contributed by atoms with van der Waals surface area (Å²) in [4.78, 5) is 16.9. The summed E-state index contributed by atoms with van der Waals surface area (Å²) in [6.45, 7) is 4.26. The SMILES string of the molecule is CCCCCc1c(/C=C/C(=O)NC(C)CCCc2cccnc2)cc(OC)c2ccc(OC)cc12. The van der Waals surface area contributed by atoms with Gasteiger partial charge in [0.2, 0.25) is 5.91 Å². The van der Waals surface area contributed by atoms with E-state index in [9.17, 15) is 4.79 Å². The van der Waals surface area contributed by atoms with Crippen molar-refractivity contribution in [3.05, 3.63) is 71.6 Å². The third kappa shape index (κ3) is 7.57. The summed E-state index contributed by atoms with van der Waals surface area (Å²) in [6.07, 6.45) is 14.5. The summed E-state index contributed by atoms with van der Waals surface area (Å²) in [7, 11) is 3.37. The van der Waals surface area contributed by atoms with Gasteiger partial charge >= 0.3 is 0 Å². The van der Waals surface area contributed by atoms with Crippen molar-refractivity contribution < 1.29 is 14.3 Å². The molecule has 2 aromatic carbocycles. The summed E-state index contributed by atoms with van der Waals surface area (Å²) in [5.74, 6) is 1.53. The topological polar surface area (TPSA) is 60.5 Å². The van der Waals surface area contributed by atoms with Gasteiger partial charge in [-0.3, -0.25) is 9.78 Å². The molecule has 0 saturated heterocycles. The smallest absolute Gasteiger partial charge is 0.244 e. The Morgan fingerprint density at radius 1 is 1.06 bits per heavy atom. The minimum atomic E-state index is -0.0805. The predicted molar refractivity (Wildman–Crippen MR) is 144 cm³/mol. The minimum Gasteiger partial charge on any atom is -0.497 e. The van der Waals surface area contributed by atoms with Gasteiger partial charge in [0, 0.05) is 29.9 Å². The molecule has 0 fully saturated rings. The highest BCUT2D eigenvalue weighted by Crippen LogP contribution is 2.35. The fourth-order valence-electron chi connectivity index (χ4n) is 4.41. The third-order valence-corrected chi connectivity index (χ3v) is 6.33. The number of amides is 1. The molecule has 0 aliphatic carbocycles. The molecule has 0 aliphatic heterocycles. The molecule has 0 bridgehead atoms. The zero-order chi connectivity index (χ0) is 25.0. The van der Waals surface area contributed by atoms with Crippen LogP contribution in [0.25, 0.3) is 16.8 Å². The Morgan fingerprint density at radius 2 is 1.91 bits per heavy atom. The van der Waals surface area contributed by atoms with Crippen molar-refractivity contribution in [1.82, 2.24) is 10.3 Å². The second-order valence-corrected chi connectivity index (χ2v) is 9.01. The molecule has 0 spiro atoms. The van der Waals surface area contributed by atoms with Crippen LogP contribution >= 0.6 is 0 Å².